The lowest BCUT2D eigenvalue weighted by Gasteiger charge is -2.32. The average Bonchev–Trinajstić information content (AvgIpc) is 2.99. The molecule has 0 radical (unpaired) electrons. The van der Waals surface area contributed by atoms with Crippen molar-refractivity contribution in [1.82, 2.24) is 14.4 Å². The summed E-state index contributed by atoms with van der Waals surface area (Å²) in [7, 11) is 1.65. The molecule has 1 saturated heterocycles. The van der Waals surface area contributed by atoms with Crippen LogP contribution in [-0.2, 0) is 25.7 Å². The van der Waals surface area contributed by atoms with Crippen LogP contribution in [0.5, 0.6) is 0 Å². The summed E-state index contributed by atoms with van der Waals surface area (Å²) in [6.07, 6.45) is 1.20. The number of para-hydroxylation sites is 1. The van der Waals surface area contributed by atoms with Gasteiger partial charge in [-0.05, 0) is 48.7 Å². The van der Waals surface area contributed by atoms with Gasteiger partial charge in [0.15, 0.2) is 0 Å². The Morgan fingerprint density at radius 2 is 1.87 bits per heavy atom. The van der Waals surface area contributed by atoms with Crippen LogP contribution in [0.1, 0.15) is 25.5 Å². The van der Waals surface area contributed by atoms with Gasteiger partial charge < -0.3 is 19.1 Å². The van der Waals surface area contributed by atoms with Gasteiger partial charge in [0.1, 0.15) is 6.54 Å². The molecule has 30 heavy (non-hydrogen) atoms. The monoisotopic (exact) mass is 477 g/mol. The van der Waals surface area contributed by atoms with E-state index in [0.29, 0.717) is 32.5 Å². The van der Waals surface area contributed by atoms with E-state index in [9.17, 15) is 14.4 Å². The normalized spacial score (nSPS) is 14.7. The fourth-order valence-corrected chi connectivity index (χ4v) is 4.41. The highest BCUT2D eigenvalue weighted by molar-refractivity contribution is 9.10. The molecule has 1 aromatic carbocycles. The number of likely N-dealkylation sites (tertiary alicyclic amines) is 1. The summed E-state index contributed by atoms with van der Waals surface area (Å²) in [5.41, 5.74) is 1.96. The molecule has 0 N–H and O–H groups in total. The third kappa shape index (κ3) is 4.69. The zero-order valence-corrected chi connectivity index (χ0v) is 19.3. The van der Waals surface area contributed by atoms with Crippen molar-refractivity contribution >= 4 is 44.6 Å². The first-order chi connectivity index (χ1) is 14.3. The number of benzene rings is 1. The average molecular weight is 478 g/mol. The number of likely N-dealkylation sites (N-methyl/N-ethyl adjacent to an activating group) is 1. The smallest absolute Gasteiger partial charge is 0.309 e. The van der Waals surface area contributed by atoms with Crippen LogP contribution in [-0.4, -0.2) is 65.4 Å². The Labute approximate surface area is 185 Å². The second kappa shape index (κ2) is 9.64. The minimum atomic E-state index is -0.183. The van der Waals surface area contributed by atoms with Crippen LogP contribution >= 0.6 is 15.9 Å². The number of hydrogen-bond acceptors (Lipinski definition) is 4. The van der Waals surface area contributed by atoms with Gasteiger partial charge in [0, 0.05) is 41.2 Å². The highest BCUT2D eigenvalue weighted by Gasteiger charge is 2.29. The largest absolute Gasteiger partial charge is 0.466 e. The summed E-state index contributed by atoms with van der Waals surface area (Å²) >= 11 is 3.61. The number of halogens is 1. The van der Waals surface area contributed by atoms with Crippen molar-refractivity contribution < 1.29 is 19.1 Å². The molecule has 1 aromatic heterocycles. The molecule has 2 amide bonds. The Bertz CT molecular complexity index is 947. The number of carbonyl (C=O) groups is 3. The first kappa shape index (κ1) is 22.3. The van der Waals surface area contributed by atoms with Crippen molar-refractivity contribution in [2.75, 3.05) is 33.3 Å². The van der Waals surface area contributed by atoms with E-state index >= 15 is 0 Å². The third-order valence-electron chi connectivity index (χ3n) is 5.71. The zero-order valence-electron chi connectivity index (χ0n) is 17.7. The summed E-state index contributed by atoms with van der Waals surface area (Å²) in [6.45, 7) is 5.36. The summed E-state index contributed by atoms with van der Waals surface area (Å²) < 4.78 is 8.02. The molecule has 162 valence electrons. The maximum absolute atomic E-state index is 12.8. The van der Waals surface area contributed by atoms with Crippen molar-refractivity contribution in [2.24, 2.45) is 5.92 Å². The minimum Gasteiger partial charge on any atom is -0.466 e. The van der Waals surface area contributed by atoms with Crippen LogP contribution in [0.15, 0.2) is 28.7 Å². The molecular weight excluding hydrogens is 450 g/mol. The number of nitrogens with zero attached hydrogens (tertiary/aromatic N) is 3. The maximum atomic E-state index is 12.8. The number of hydrogen-bond donors (Lipinski definition) is 0. The van der Waals surface area contributed by atoms with Crippen molar-refractivity contribution in [2.45, 2.75) is 33.2 Å². The van der Waals surface area contributed by atoms with Gasteiger partial charge in [-0.2, -0.15) is 0 Å². The highest BCUT2D eigenvalue weighted by Crippen LogP contribution is 2.30. The maximum Gasteiger partial charge on any atom is 0.309 e. The lowest BCUT2D eigenvalue weighted by molar-refractivity contribution is -0.151. The van der Waals surface area contributed by atoms with Crippen LogP contribution in [0, 0.1) is 12.8 Å². The van der Waals surface area contributed by atoms with E-state index in [0.717, 1.165) is 21.1 Å². The molecule has 0 bridgehead atoms. The summed E-state index contributed by atoms with van der Waals surface area (Å²) in [4.78, 5) is 40.5. The molecule has 7 nitrogen and oxygen atoms in total. The Morgan fingerprint density at radius 1 is 1.20 bits per heavy atom. The number of rotatable bonds is 6. The van der Waals surface area contributed by atoms with Gasteiger partial charge in [-0.25, -0.2) is 0 Å². The van der Waals surface area contributed by atoms with Crippen LogP contribution in [0.25, 0.3) is 10.9 Å². The van der Waals surface area contributed by atoms with E-state index in [4.69, 9.17) is 4.74 Å². The molecule has 0 saturated carbocycles. The molecule has 3 rings (SSSR count). The molecule has 0 aliphatic carbocycles. The van der Waals surface area contributed by atoms with E-state index in [2.05, 4.69) is 15.9 Å². The summed E-state index contributed by atoms with van der Waals surface area (Å²) in [5.74, 6) is -0.543. The molecule has 8 heteroatoms. The van der Waals surface area contributed by atoms with Crippen molar-refractivity contribution in [3.63, 3.8) is 0 Å². The van der Waals surface area contributed by atoms with Gasteiger partial charge in [0.05, 0.1) is 19.1 Å². The van der Waals surface area contributed by atoms with Crippen LogP contribution in [0.3, 0.4) is 0 Å². The second-order valence-electron chi connectivity index (χ2n) is 7.66. The Balaban J connectivity index is 1.57. The SMILES string of the molecule is CCOC(=O)C1CCN(C(=O)CN(C)C(=O)Cn2c(C)c(Br)c3ccccc32)CC1. The standard InChI is InChI=1S/C22H28BrN3O4/c1-4-30-22(29)16-9-11-25(12-10-16)20(28)13-24(3)19(27)14-26-15(2)21(23)17-7-5-6-8-18(17)26/h5-8,16H,4,9-14H2,1-3H3. The lowest BCUT2D eigenvalue weighted by Crippen LogP contribution is -2.46. The van der Waals surface area contributed by atoms with Gasteiger partial charge in [-0.15, -0.1) is 0 Å². The van der Waals surface area contributed by atoms with E-state index in [1.165, 1.54) is 4.90 Å². The lowest BCUT2D eigenvalue weighted by atomic mass is 9.97. The topological polar surface area (TPSA) is 71.8 Å². The van der Waals surface area contributed by atoms with Crippen molar-refractivity contribution in [3.8, 4) is 0 Å². The van der Waals surface area contributed by atoms with Crippen LogP contribution in [0.4, 0.5) is 0 Å². The zero-order chi connectivity index (χ0) is 21.8. The first-order valence-electron chi connectivity index (χ1n) is 10.2. The number of piperidine rings is 1. The number of aromatic nitrogens is 1. The number of carbonyl (C=O) groups excluding carboxylic acids is 3. The van der Waals surface area contributed by atoms with Gasteiger partial charge >= 0.3 is 5.97 Å². The Hall–Kier alpha value is -2.35. The van der Waals surface area contributed by atoms with Gasteiger partial charge in [0.25, 0.3) is 0 Å². The molecule has 2 aromatic rings. The Kier molecular flexibility index (Phi) is 7.18. The van der Waals surface area contributed by atoms with Gasteiger partial charge in [-0.3, -0.25) is 14.4 Å². The third-order valence-corrected chi connectivity index (χ3v) is 6.71. The molecule has 1 fully saturated rings. The number of ether oxygens (including phenoxy) is 1. The van der Waals surface area contributed by atoms with E-state index < -0.39 is 0 Å². The first-order valence-corrected chi connectivity index (χ1v) is 11.0. The number of fused-ring (bicyclic) bond motifs is 1. The fraction of sp³-hybridized carbons (Fsp3) is 0.500. The van der Waals surface area contributed by atoms with Crippen molar-refractivity contribution in [3.05, 3.63) is 34.4 Å². The molecule has 0 spiro atoms. The number of amides is 2. The number of esters is 1. The van der Waals surface area contributed by atoms with E-state index in [1.54, 1.807) is 18.9 Å². The highest BCUT2D eigenvalue weighted by atomic mass is 79.9. The van der Waals surface area contributed by atoms with Gasteiger partial charge in [-0.1, -0.05) is 18.2 Å². The molecule has 1 aliphatic heterocycles. The van der Waals surface area contributed by atoms with E-state index in [-0.39, 0.29) is 36.8 Å². The van der Waals surface area contributed by atoms with Gasteiger partial charge in [0.2, 0.25) is 11.8 Å². The molecule has 2 heterocycles. The predicted molar refractivity (Wildman–Crippen MR) is 118 cm³/mol. The quantitative estimate of drug-likeness (QED) is 0.599. The fourth-order valence-electron chi connectivity index (χ4n) is 3.86. The predicted octanol–water partition coefficient (Wildman–Crippen LogP) is 2.97. The molecular formula is C22H28BrN3O4. The molecule has 1 aliphatic rings. The van der Waals surface area contributed by atoms with E-state index in [1.807, 2.05) is 35.8 Å². The summed E-state index contributed by atoms with van der Waals surface area (Å²) in [6, 6.07) is 7.91. The van der Waals surface area contributed by atoms with Crippen LogP contribution in [0.2, 0.25) is 0 Å². The summed E-state index contributed by atoms with van der Waals surface area (Å²) in [5, 5.41) is 1.06. The van der Waals surface area contributed by atoms with Crippen LogP contribution < -0.4 is 0 Å². The minimum absolute atomic E-state index is 0.0301. The second-order valence-corrected chi connectivity index (χ2v) is 8.45. The molecule has 0 unspecified atom stereocenters. The Morgan fingerprint density at radius 3 is 2.53 bits per heavy atom. The van der Waals surface area contributed by atoms with Crippen molar-refractivity contribution in [1.29, 1.82) is 0 Å². The molecule has 0 atom stereocenters.